The van der Waals surface area contributed by atoms with Crippen molar-refractivity contribution in [2.45, 2.75) is 25.3 Å². The summed E-state index contributed by atoms with van der Waals surface area (Å²) in [5.41, 5.74) is 2.75. The third-order valence-electron chi connectivity index (χ3n) is 5.68. The average molecular weight is 538 g/mol. The van der Waals surface area contributed by atoms with E-state index in [-0.39, 0.29) is 22.0 Å². The summed E-state index contributed by atoms with van der Waals surface area (Å²) >= 11 is 12.2. The van der Waals surface area contributed by atoms with Crippen LogP contribution < -0.4 is 10.6 Å². The van der Waals surface area contributed by atoms with Gasteiger partial charge in [0, 0.05) is 25.4 Å². The molecule has 37 heavy (non-hydrogen) atoms. The van der Waals surface area contributed by atoms with Crippen molar-refractivity contribution in [1.29, 1.82) is 0 Å². The maximum atomic E-state index is 12.6. The van der Waals surface area contributed by atoms with Crippen LogP contribution in [-0.4, -0.2) is 44.3 Å². The highest BCUT2D eigenvalue weighted by molar-refractivity contribution is 6.39. The normalized spacial score (nSPS) is 11.6. The maximum Gasteiger partial charge on any atom is 0.326 e. The van der Waals surface area contributed by atoms with Crippen molar-refractivity contribution < 1.29 is 14.7 Å². The number of hydrogen-bond donors (Lipinski definition) is 3. The highest BCUT2D eigenvalue weighted by Crippen LogP contribution is 2.24. The fourth-order valence-electron chi connectivity index (χ4n) is 3.77. The molecule has 0 aliphatic heterocycles. The fourth-order valence-corrected chi connectivity index (χ4v) is 4.34. The first-order chi connectivity index (χ1) is 17.9. The second-order valence-electron chi connectivity index (χ2n) is 8.37. The van der Waals surface area contributed by atoms with Crippen LogP contribution >= 0.6 is 23.2 Å². The maximum absolute atomic E-state index is 12.6. The summed E-state index contributed by atoms with van der Waals surface area (Å²) in [7, 11) is 0. The number of anilines is 1. The van der Waals surface area contributed by atoms with Gasteiger partial charge in [-0.1, -0.05) is 47.5 Å². The standard InChI is InChI=1S/C27H25Cl2N5O3/c28-21-6-3-7-22(29)25(21)26(35)33-23(27(36)37)15-18-9-11-20(12-10-18)34-17-19(16-32-34)5-4-14-31-24-8-1-2-13-30-24/h1-3,6-13,16-17,23H,4-5,14-15H2,(H,30,31)(H,33,35)(H,36,37)/t23-/m0/s1. The van der Waals surface area contributed by atoms with Crippen molar-refractivity contribution in [2.75, 3.05) is 11.9 Å². The van der Waals surface area contributed by atoms with E-state index in [4.69, 9.17) is 23.2 Å². The Hall–Kier alpha value is -3.88. The van der Waals surface area contributed by atoms with Crippen LogP contribution in [0.25, 0.3) is 5.69 Å². The Bertz CT molecular complexity index is 1340. The monoisotopic (exact) mass is 537 g/mol. The molecule has 4 aromatic rings. The molecule has 4 rings (SSSR count). The number of nitrogens with one attached hydrogen (secondary N) is 2. The quantitative estimate of drug-likeness (QED) is 0.231. The predicted octanol–water partition coefficient (Wildman–Crippen LogP) is 5.04. The Balaban J connectivity index is 1.33. The molecule has 0 bridgehead atoms. The number of aliphatic carboxylic acids is 1. The molecule has 0 saturated heterocycles. The van der Waals surface area contributed by atoms with E-state index >= 15 is 0 Å². The minimum Gasteiger partial charge on any atom is -0.480 e. The molecule has 0 radical (unpaired) electrons. The van der Waals surface area contributed by atoms with Crippen LogP contribution in [0.3, 0.4) is 0 Å². The van der Waals surface area contributed by atoms with Crippen LogP contribution in [0.5, 0.6) is 0 Å². The number of carbonyl (C=O) groups is 2. The Kier molecular flexibility index (Phi) is 8.77. The van der Waals surface area contributed by atoms with Gasteiger partial charge in [-0.05, 0) is 60.4 Å². The van der Waals surface area contributed by atoms with Crippen LogP contribution in [-0.2, 0) is 17.6 Å². The summed E-state index contributed by atoms with van der Waals surface area (Å²) in [5.74, 6) is -0.940. The molecule has 10 heteroatoms. The van der Waals surface area contributed by atoms with Crippen molar-refractivity contribution in [3.8, 4) is 5.69 Å². The molecule has 0 spiro atoms. The van der Waals surface area contributed by atoms with Crippen molar-refractivity contribution in [3.63, 3.8) is 0 Å². The van der Waals surface area contributed by atoms with Gasteiger partial charge in [0.05, 0.1) is 27.5 Å². The molecule has 8 nitrogen and oxygen atoms in total. The first-order valence-corrected chi connectivity index (χ1v) is 12.4. The number of amides is 1. The molecule has 190 valence electrons. The van der Waals surface area contributed by atoms with Crippen LogP contribution in [0.1, 0.15) is 27.9 Å². The zero-order valence-corrected chi connectivity index (χ0v) is 21.3. The summed E-state index contributed by atoms with van der Waals surface area (Å²) in [4.78, 5) is 28.7. The molecular formula is C27H25Cl2N5O3. The minimum atomic E-state index is -1.16. The van der Waals surface area contributed by atoms with Crippen molar-refractivity contribution in [2.24, 2.45) is 0 Å². The number of carboxylic acid groups (broad SMARTS) is 1. The van der Waals surface area contributed by atoms with E-state index < -0.39 is 17.9 Å². The smallest absolute Gasteiger partial charge is 0.326 e. The molecule has 0 aliphatic rings. The first kappa shape index (κ1) is 26.2. The number of hydrogen-bond acceptors (Lipinski definition) is 5. The summed E-state index contributed by atoms with van der Waals surface area (Å²) in [6.45, 7) is 0.806. The Morgan fingerprint density at radius 2 is 1.73 bits per heavy atom. The first-order valence-electron chi connectivity index (χ1n) is 11.7. The largest absolute Gasteiger partial charge is 0.480 e. The number of rotatable bonds is 11. The number of nitrogens with zero attached hydrogens (tertiary/aromatic N) is 3. The molecule has 0 aliphatic carbocycles. The van der Waals surface area contributed by atoms with E-state index in [9.17, 15) is 14.7 Å². The van der Waals surface area contributed by atoms with Gasteiger partial charge in [0.25, 0.3) is 5.91 Å². The molecule has 2 aromatic heterocycles. The van der Waals surface area contributed by atoms with Gasteiger partial charge >= 0.3 is 5.97 Å². The molecule has 0 fully saturated rings. The summed E-state index contributed by atoms with van der Waals surface area (Å²) in [5, 5.41) is 20.2. The molecule has 2 heterocycles. The Labute approximate surface area is 224 Å². The van der Waals surface area contributed by atoms with E-state index in [2.05, 4.69) is 20.7 Å². The predicted molar refractivity (Wildman–Crippen MR) is 144 cm³/mol. The Morgan fingerprint density at radius 1 is 0.973 bits per heavy atom. The number of aryl methyl sites for hydroxylation is 1. The van der Waals surface area contributed by atoms with Crippen LogP contribution in [0.2, 0.25) is 10.0 Å². The van der Waals surface area contributed by atoms with Gasteiger partial charge in [-0.25, -0.2) is 14.5 Å². The number of halogens is 2. The molecule has 1 atom stereocenters. The van der Waals surface area contributed by atoms with Gasteiger partial charge in [0.15, 0.2) is 0 Å². The second kappa shape index (κ2) is 12.4. The van der Waals surface area contributed by atoms with Crippen molar-refractivity contribution >= 4 is 40.9 Å². The van der Waals surface area contributed by atoms with E-state index in [0.717, 1.165) is 42.0 Å². The van der Waals surface area contributed by atoms with Crippen LogP contribution in [0.4, 0.5) is 5.82 Å². The number of pyridine rings is 1. The number of carbonyl (C=O) groups excluding carboxylic acids is 1. The average Bonchev–Trinajstić information content (AvgIpc) is 3.36. The van der Waals surface area contributed by atoms with Gasteiger partial charge in [0.2, 0.25) is 0 Å². The van der Waals surface area contributed by atoms with E-state index in [1.54, 1.807) is 16.9 Å². The lowest BCUT2D eigenvalue weighted by molar-refractivity contribution is -0.139. The zero-order valence-electron chi connectivity index (χ0n) is 19.8. The highest BCUT2D eigenvalue weighted by atomic mass is 35.5. The fraction of sp³-hybridized carbons (Fsp3) is 0.185. The molecule has 1 amide bonds. The number of aromatic nitrogens is 3. The SMILES string of the molecule is O=C(N[C@@H](Cc1ccc(-n2cc(CCCNc3ccccn3)cn2)cc1)C(=O)O)c1c(Cl)cccc1Cl. The van der Waals surface area contributed by atoms with Gasteiger partial charge in [0.1, 0.15) is 11.9 Å². The summed E-state index contributed by atoms with van der Waals surface area (Å²) in [6.07, 6.45) is 7.47. The molecule has 0 unspecified atom stereocenters. The third-order valence-corrected chi connectivity index (χ3v) is 6.31. The zero-order chi connectivity index (χ0) is 26.2. The van der Waals surface area contributed by atoms with E-state index in [1.165, 1.54) is 12.1 Å². The van der Waals surface area contributed by atoms with Gasteiger partial charge < -0.3 is 15.7 Å². The third kappa shape index (κ3) is 7.09. The topological polar surface area (TPSA) is 109 Å². The van der Waals surface area contributed by atoms with Gasteiger partial charge in [-0.15, -0.1) is 0 Å². The number of carboxylic acids is 1. The molecular weight excluding hydrogens is 513 g/mol. The lowest BCUT2D eigenvalue weighted by Gasteiger charge is -2.16. The number of benzene rings is 2. The van der Waals surface area contributed by atoms with Crippen molar-refractivity contribution in [3.05, 3.63) is 106 Å². The summed E-state index contributed by atoms with van der Waals surface area (Å²) < 4.78 is 1.78. The Morgan fingerprint density at radius 3 is 2.41 bits per heavy atom. The lowest BCUT2D eigenvalue weighted by Crippen LogP contribution is -2.42. The molecule has 2 aromatic carbocycles. The highest BCUT2D eigenvalue weighted by Gasteiger charge is 2.23. The minimum absolute atomic E-state index is 0.0504. The van der Waals surface area contributed by atoms with Gasteiger partial charge in [-0.3, -0.25) is 4.79 Å². The second-order valence-corrected chi connectivity index (χ2v) is 9.18. The van der Waals surface area contributed by atoms with Crippen LogP contribution in [0, 0.1) is 0 Å². The molecule has 3 N–H and O–H groups in total. The molecule has 0 saturated carbocycles. The lowest BCUT2D eigenvalue weighted by atomic mass is 10.0. The van der Waals surface area contributed by atoms with Crippen molar-refractivity contribution in [1.82, 2.24) is 20.1 Å². The van der Waals surface area contributed by atoms with Crippen LogP contribution in [0.15, 0.2) is 79.3 Å². The van der Waals surface area contributed by atoms with E-state index in [0.29, 0.717) is 0 Å². The van der Waals surface area contributed by atoms with E-state index in [1.807, 2.05) is 54.9 Å². The van der Waals surface area contributed by atoms with Gasteiger partial charge in [-0.2, -0.15) is 5.10 Å². The summed E-state index contributed by atoms with van der Waals surface area (Å²) in [6, 6.07) is 16.6.